The number of rotatable bonds is 2. The van der Waals surface area contributed by atoms with E-state index in [0.29, 0.717) is 5.11 Å². The molecule has 0 aromatic heterocycles. The summed E-state index contributed by atoms with van der Waals surface area (Å²) in [6.45, 7) is 0. The molecule has 0 saturated carbocycles. The number of hydrogen-bond donors (Lipinski definition) is 1. The average Bonchev–Trinajstić information content (AvgIpc) is 3.13. The van der Waals surface area contributed by atoms with Crippen LogP contribution in [-0.2, 0) is 23.2 Å². The lowest BCUT2D eigenvalue weighted by Crippen LogP contribution is -2.45. The van der Waals surface area contributed by atoms with Gasteiger partial charge in [0.2, 0.25) is 0 Å². The average molecular weight is 401 g/mol. The van der Waals surface area contributed by atoms with Gasteiger partial charge in [0, 0.05) is 11.5 Å². The van der Waals surface area contributed by atoms with Crippen LogP contribution in [0.4, 0.5) is 0 Å². The first kappa shape index (κ1) is 15.8. The molecular weight excluding hydrogens is 384 g/mol. The maximum absolute atomic E-state index is 13.2. The van der Waals surface area contributed by atoms with Crippen LogP contribution in [0.15, 0.2) is 46.9 Å². The Morgan fingerprint density at radius 1 is 1.12 bits per heavy atom. The van der Waals surface area contributed by atoms with E-state index < -0.39 is 5.54 Å². The van der Waals surface area contributed by atoms with Crippen LogP contribution in [0.25, 0.3) is 0 Å². The lowest BCUT2D eigenvalue weighted by molar-refractivity contribution is -0.129. The van der Waals surface area contributed by atoms with Gasteiger partial charge in [0.1, 0.15) is 0 Å². The van der Waals surface area contributed by atoms with E-state index in [-0.39, 0.29) is 5.91 Å². The predicted molar refractivity (Wildman–Crippen MR) is 102 cm³/mol. The van der Waals surface area contributed by atoms with Gasteiger partial charge in [0.15, 0.2) is 10.7 Å². The Kier molecular flexibility index (Phi) is 3.73. The summed E-state index contributed by atoms with van der Waals surface area (Å²) in [4.78, 5) is 14.7. The van der Waals surface area contributed by atoms with Crippen LogP contribution >= 0.6 is 28.1 Å². The van der Waals surface area contributed by atoms with Gasteiger partial charge >= 0.3 is 0 Å². The highest BCUT2D eigenvalue weighted by molar-refractivity contribution is 9.10. The maximum atomic E-state index is 13.2. The van der Waals surface area contributed by atoms with Crippen LogP contribution in [0.1, 0.15) is 28.7 Å². The minimum atomic E-state index is -0.951. The number of carbonyl (C=O) groups excluding carboxylic acids is 1. The first-order valence-electron chi connectivity index (χ1n) is 8.01. The van der Waals surface area contributed by atoms with Crippen LogP contribution in [0.3, 0.4) is 0 Å². The molecule has 1 heterocycles. The number of carbonyl (C=O) groups is 1. The fraction of sp³-hybridized carbons (Fsp3) is 0.263. The number of amides is 1. The quantitative estimate of drug-likeness (QED) is 0.782. The molecule has 0 spiro atoms. The Hall–Kier alpha value is -1.72. The lowest BCUT2D eigenvalue weighted by atomic mass is 9.81. The Morgan fingerprint density at radius 3 is 2.58 bits per heavy atom. The largest absolute Gasteiger partial charge is 0.341 e. The van der Waals surface area contributed by atoms with Crippen LogP contribution in [0.5, 0.6) is 0 Å². The number of thiocarbonyl (C=S) groups is 1. The first-order valence-corrected chi connectivity index (χ1v) is 9.21. The maximum Gasteiger partial charge on any atom is 0.263 e. The molecule has 3 nitrogen and oxygen atoms in total. The second kappa shape index (κ2) is 5.67. The molecular formula is C19H17BrN2OS. The SMILES string of the molecule is CN1C(=O)C(c2cccc(Br)c2)(c2ccc3c(c2)CCC3)NC1=S. The summed E-state index contributed by atoms with van der Waals surface area (Å²) in [5.41, 5.74) is 3.64. The fourth-order valence-corrected chi connectivity index (χ4v) is 4.36. The van der Waals surface area contributed by atoms with E-state index in [1.165, 1.54) is 22.4 Å². The monoisotopic (exact) mass is 400 g/mol. The topological polar surface area (TPSA) is 32.3 Å². The molecule has 1 N–H and O–H groups in total. The molecule has 0 bridgehead atoms. The fourth-order valence-electron chi connectivity index (χ4n) is 3.73. The van der Waals surface area contributed by atoms with Gasteiger partial charge in [-0.3, -0.25) is 9.69 Å². The van der Waals surface area contributed by atoms with Crippen LogP contribution < -0.4 is 5.32 Å². The highest BCUT2D eigenvalue weighted by Gasteiger charge is 2.51. The summed E-state index contributed by atoms with van der Waals surface area (Å²) in [5.74, 6) is -0.0384. The van der Waals surface area contributed by atoms with E-state index in [4.69, 9.17) is 12.2 Å². The van der Waals surface area contributed by atoms with Gasteiger partial charge in [-0.05, 0) is 65.9 Å². The number of benzene rings is 2. The summed E-state index contributed by atoms with van der Waals surface area (Å²) < 4.78 is 0.940. The van der Waals surface area contributed by atoms with Crippen molar-refractivity contribution in [1.29, 1.82) is 0 Å². The normalized spacial score (nSPS) is 22.7. The second-order valence-electron chi connectivity index (χ2n) is 6.39. The number of halogens is 1. The summed E-state index contributed by atoms with van der Waals surface area (Å²) in [6.07, 6.45) is 3.38. The van der Waals surface area contributed by atoms with E-state index >= 15 is 0 Å². The van der Waals surface area contributed by atoms with Crippen molar-refractivity contribution in [2.24, 2.45) is 0 Å². The highest BCUT2D eigenvalue weighted by atomic mass is 79.9. The summed E-state index contributed by atoms with van der Waals surface area (Å²) in [7, 11) is 1.73. The minimum Gasteiger partial charge on any atom is -0.341 e. The zero-order chi connectivity index (χ0) is 16.9. The number of hydrogen-bond acceptors (Lipinski definition) is 2. The van der Waals surface area contributed by atoms with Gasteiger partial charge in [-0.25, -0.2) is 0 Å². The zero-order valence-electron chi connectivity index (χ0n) is 13.3. The van der Waals surface area contributed by atoms with Crippen molar-refractivity contribution in [2.45, 2.75) is 24.8 Å². The van der Waals surface area contributed by atoms with Crippen LogP contribution in [-0.4, -0.2) is 23.0 Å². The predicted octanol–water partition coefficient (Wildman–Crippen LogP) is 3.53. The molecule has 1 saturated heterocycles. The lowest BCUT2D eigenvalue weighted by Gasteiger charge is -2.29. The molecule has 2 aromatic carbocycles. The third kappa shape index (κ3) is 2.22. The van der Waals surface area contributed by atoms with Crippen molar-refractivity contribution in [2.75, 3.05) is 7.05 Å². The van der Waals surface area contributed by atoms with Gasteiger partial charge in [0.25, 0.3) is 5.91 Å². The van der Waals surface area contributed by atoms with Crippen molar-refractivity contribution >= 4 is 39.2 Å². The smallest absolute Gasteiger partial charge is 0.263 e. The molecule has 122 valence electrons. The summed E-state index contributed by atoms with van der Waals surface area (Å²) in [6, 6.07) is 14.3. The van der Waals surface area contributed by atoms with E-state index in [1.54, 1.807) is 7.05 Å². The molecule has 24 heavy (non-hydrogen) atoms. The Morgan fingerprint density at radius 2 is 1.88 bits per heavy atom. The number of aryl methyl sites for hydroxylation is 2. The van der Waals surface area contributed by atoms with Gasteiger partial charge in [-0.2, -0.15) is 0 Å². The molecule has 2 aliphatic rings. The molecule has 1 aliphatic heterocycles. The number of nitrogens with zero attached hydrogens (tertiary/aromatic N) is 1. The Labute approximate surface area is 155 Å². The van der Waals surface area contributed by atoms with Crippen LogP contribution in [0, 0.1) is 0 Å². The standard InChI is InChI=1S/C19H17BrN2OS/c1-22-17(23)19(21-18(22)24,14-6-3-7-16(20)11-14)15-9-8-12-4-2-5-13(12)10-15/h3,6-11H,2,4-5H2,1H3,(H,21,24). The first-order chi connectivity index (χ1) is 11.5. The van der Waals surface area contributed by atoms with Crippen molar-refractivity contribution < 1.29 is 4.79 Å². The second-order valence-corrected chi connectivity index (χ2v) is 7.69. The van der Waals surface area contributed by atoms with E-state index in [9.17, 15) is 4.79 Å². The molecule has 0 radical (unpaired) electrons. The van der Waals surface area contributed by atoms with Gasteiger partial charge in [0.05, 0.1) is 0 Å². The van der Waals surface area contributed by atoms with E-state index in [0.717, 1.165) is 28.4 Å². The molecule has 1 fully saturated rings. The zero-order valence-corrected chi connectivity index (χ0v) is 15.7. The number of likely N-dealkylation sites (N-methyl/N-ethyl adjacent to an activating group) is 1. The molecule has 1 amide bonds. The van der Waals surface area contributed by atoms with Crippen molar-refractivity contribution in [3.8, 4) is 0 Å². The highest BCUT2D eigenvalue weighted by Crippen LogP contribution is 2.38. The van der Waals surface area contributed by atoms with Gasteiger partial charge in [-0.1, -0.05) is 46.3 Å². The third-order valence-corrected chi connectivity index (χ3v) is 5.88. The molecule has 1 unspecified atom stereocenters. The Bertz CT molecular complexity index is 866. The molecule has 2 aromatic rings. The minimum absolute atomic E-state index is 0.0384. The number of fused-ring (bicyclic) bond motifs is 1. The van der Waals surface area contributed by atoms with Crippen molar-refractivity contribution in [3.05, 3.63) is 69.2 Å². The van der Waals surface area contributed by atoms with Crippen molar-refractivity contribution in [1.82, 2.24) is 10.2 Å². The van der Waals surface area contributed by atoms with Gasteiger partial charge in [-0.15, -0.1) is 0 Å². The van der Waals surface area contributed by atoms with E-state index in [1.807, 2.05) is 24.3 Å². The third-order valence-electron chi connectivity index (χ3n) is 5.01. The molecule has 5 heteroatoms. The number of nitrogens with one attached hydrogen (secondary N) is 1. The van der Waals surface area contributed by atoms with E-state index in [2.05, 4.69) is 39.4 Å². The van der Waals surface area contributed by atoms with Crippen LogP contribution in [0.2, 0.25) is 0 Å². The molecule has 1 aliphatic carbocycles. The molecule has 1 atom stereocenters. The Balaban J connectivity index is 1.95. The summed E-state index contributed by atoms with van der Waals surface area (Å²) >= 11 is 8.90. The summed E-state index contributed by atoms with van der Waals surface area (Å²) in [5, 5.41) is 3.76. The molecule has 4 rings (SSSR count). The van der Waals surface area contributed by atoms with Gasteiger partial charge < -0.3 is 5.32 Å². The van der Waals surface area contributed by atoms with Crippen molar-refractivity contribution in [3.63, 3.8) is 0 Å².